The average molecular weight is 368 g/mol. The van der Waals surface area contributed by atoms with Crippen LogP contribution < -0.4 is 10.2 Å². The van der Waals surface area contributed by atoms with Crippen molar-refractivity contribution in [2.45, 2.75) is 25.4 Å². The van der Waals surface area contributed by atoms with Gasteiger partial charge >= 0.3 is 0 Å². The Morgan fingerprint density at radius 3 is 2.77 bits per heavy atom. The molecule has 1 aliphatic heterocycles. The molecule has 5 heteroatoms. The van der Waals surface area contributed by atoms with E-state index in [9.17, 15) is 5.11 Å². The van der Waals surface area contributed by atoms with Gasteiger partial charge in [-0.3, -0.25) is 0 Å². The van der Waals surface area contributed by atoms with Crippen LogP contribution in [0.2, 0.25) is 5.02 Å². The molecule has 2 N–H and O–H groups in total. The predicted molar refractivity (Wildman–Crippen MR) is 108 cm³/mol. The zero-order chi connectivity index (χ0) is 17.9. The highest BCUT2D eigenvalue weighted by Crippen LogP contribution is 2.33. The number of rotatable bonds is 5. The molecule has 1 fully saturated rings. The zero-order valence-electron chi connectivity index (χ0n) is 14.5. The summed E-state index contributed by atoms with van der Waals surface area (Å²) in [5, 5.41) is 15.0. The summed E-state index contributed by atoms with van der Waals surface area (Å²) in [5.41, 5.74) is 3.26. The van der Waals surface area contributed by atoms with Crippen molar-refractivity contribution in [2.24, 2.45) is 0 Å². The predicted octanol–water partition coefficient (Wildman–Crippen LogP) is 4.46. The Balaban J connectivity index is 1.66. The normalized spacial score (nSPS) is 17.0. The van der Waals surface area contributed by atoms with Crippen LogP contribution in [0.1, 0.15) is 18.4 Å². The SMILES string of the molecule is OC[C@H]1CCCN1c1cc(NCc2ccc(Cl)cc2)nc2ccccc12. The number of aromatic nitrogens is 1. The number of aliphatic hydroxyl groups excluding tert-OH is 1. The fourth-order valence-corrected chi connectivity index (χ4v) is 3.75. The van der Waals surface area contributed by atoms with Crippen LogP contribution in [0.4, 0.5) is 11.5 Å². The van der Waals surface area contributed by atoms with Crippen LogP contribution in [0.25, 0.3) is 10.9 Å². The maximum Gasteiger partial charge on any atom is 0.129 e. The first kappa shape index (κ1) is 17.1. The molecule has 1 atom stereocenters. The van der Waals surface area contributed by atoms with Crippen molar-refractivity contribution in [1.82, 2.24) is 4.98 Å². The molecule has 4 rings (SSSR count). The van der Waals surface area contributed by atoms with E-state index in [4.69, 9.17) is 16.6 Å². The molecule has 1 saturated heterocycles. The van der Waals surface area contributed by atoms with Crippen molar-refractivity contribution in [1.29, 1.82) is 0 Å². The maximum atomic E-state index is 9.73. The van der Waals surface area contributed by atoms with E-state index in [1.165, 1.54) is 0 Å². The van der Waals surface area contributed by atoms with Crippen LogP contribution >= 0.6 is 11.6 Å². The largest absolute Gasteiger partial charge is 0.394 e. The third-order valence-electron chi connectivity index (χ3n) is 4.98. The van der Waals surface area contributed by atoms with Crippen LogP contribution in [-0.4, -0.2) is 29.3 Å². The van der Waals surface area contributed by atoms with Gasteiger partial charge in [0.25, 0.3) is 0 Å². The third kappa shape index (κ3) is 3.48. The minimum Gasteiger partial charge on any atom is -0.394 e. The summed E-state index contributed by atoms with van der Waals surface area (Å²) in [6.45, 7) is 1.84. The fourth-order valence-electron chi connectivity index (χ4n) is 3.62. The molecule has 0 unspecified atom stereocenters. The molecule has 0 radical (unpaired) electrons. The highest BCUT2D eigenvalue weighted by atomic mass is 35.5. The second-order valence-corrected chi connectivity index (χ2v) is 7.13. The lowest BCUT2D eigenvalue weighted by Crippen LogP contribution is -2.32. The van der Waals surface area contributed by atoms with Gasteiger partial charge in [0.15, 0.2) is 0 Å². The van der Waals surface area contributed by atoms with Crippen molar-refractivity contribution in [3.8, 4) is 0 Å². The van der Waals surface area contributed by atoms with E-state index in [-0.39, 0.29) is 12.6 Å². The summed E-state index contributed by atoms with van der Waals surface area (Å²) >= 11 is 5.96. The van der Waals surface area contributed by atoms with Crippen molar-refractivity contribution in [2.75, 3.05) is 23.4 Å². The van der Waals surface area contributed by atoms with E-state index < -0.39 is 0 Å². The Bertz CT molecular complexity index is 897. The van der Waals surface area contributed by atoms with Crippen molar-refractivity contribution in [3.05, 3.63) is 65.2 Å². The van der Waals surface area contributed by atoms with Crippen molar-refractivity contribution < 1.29 is 5.11 Å². The van der Waals surface area contributed by atoms with E-state index in [1.54, 1.807) is 0 Å². The van der Waals surface area contributed by atoms with Crippen LogP contribution in [0, 0.1) is 0 Å². The second kappa shape index (κ2) is 7.52. The number of para-hydroxylation sites is 1. The van der Waals surface area contributed by atoms with Gasteiger partial charge in [-0.05, 0) is 36.6 Å². The molecule has 0 bridgehead atoms. The maximum absolute atomic E-state index is 9.73. The average Bonchev–Trinajstić information content (AvgIpc) is 3.15. The van der Waals surface area contributed by atoms with Crippen molar-refractivity contribution in [3.63, 3.8) is 0 Å². The summed E-state index contributed by atoms with van der Waals surface area (Å²) in [4.78, 5) is 7.08. The quantitative estimate of drug-likeness (QED) is 0.699. The summed E-state index contributed by atoms with van der Waals surface area (Å²) in [5.74, 6) is 0.845. The number of hydrogen-bond donors (Lipinski definition) is 2. The topological polar surface area (TPSA) is 48.4 Å². The van der Waals surface area contributed by atoms with E-state index in [1.807, 2.05) is 42.5 Å². The number of hydrogen-bond acceptors (Lipinski definition) is 4. The van der Waals surface area contributed by atoms with E-state index in [2.05, 4.69) is 22.3 Å². The minimum atomic E-state index is 0.185. The third-order valence-corrected chi connectivity index (χ3v) is 5.23. The summed E-state index contributed by atoms with van der Waals surface area (Å²) in [7, 11) is 0. The highest BCUT2D eigenvalue weighted by Gasteiger charge is 2.25. The summed E-state index contributed by atoms with van der Waals surface area (Å²) in [6.07, 6.45) is 2.14. The number of nitrogens with zero attached hydrogens (tertiary/aromatic N) is 2. The van der Waals surface area contributed by atoms with Gasteiger partial charge in [0.2, 0.25) is 0 Å². The molecule has 1 aliphatic rings. The fraction of sp³-hybridized carbons (Fsp3) is 0.286. The monoisotopic (exact) mass is 367 g/mol. The van der Waals surface area contributed by atoms with E-state index >= 15 is 0 Å². The lowest BCUT2D eigenvalue weighted by Gasteiger charge is -2.27. The molecule has 26 heavy (non-hydrogen) atoms. The van der Waals surface area contributed by atoms with Gasteiger partial charge < -0.3 is 15.3 Å². The van der Waals surface area contributed by atoms with Gasteiger partial charge in [-0.25, -0.2) is 4.98 Å². The van der Waals surface area contributed by atoms with Gasteiger partial charge in [0.05, 0.1) is 23.9 Å². The van der Waals surface area contributed by atoms with Crippen molar-refractivity contribution >= 4 is 34.0 Å². The first-order valence-electron chi connectivity index (χ1n) is 9.00. The summed E-state index contributed by atoms with van der Waals surface area (Å²) in [6, 6.07) is 18.3. The zero-order valence-corrected chi connectivity index (χ0v) is 15.3. The molecule has 2 aromatic carbocycles. The molecule has 0 amide bonds. The Kier molecular flexibility index (Phi) is 4.96. The Morgan fingerprint density at radius 1 is 1.15 bits per heavy atom. The molecule has 4 nitrogen and oxygen atoms in total. The summed E-state index contributed by atoms with van der Waals surface area (Å²) < 4.78 is 0. The van der Waals surface area contributed by atoms with Crippen LogP contribution in [-0.2, 0) is 6.54 Å². The number of fused-ring (bicyclic) bond motifs is 1. The van der Waals surface area contributed by atoms with E-state index in [0.717, 1.165) is 52.4 Å². The number of pyridine rings is 1. The van der Waals surface area contributed by atoms with Crippen LogP contribution in [0.5, 0.6) is 0 Å². The Morgan fingerprint density at radius 2 is 1.96 bits per heavy atom. The van der Waals surface area contributed by atoms with Crippen LogP contribution in [0.3, 0.4) is 0 Å². The van der Waals surface area contributed by atoms with Gasteiger partial charge in [0, 0.05) is 29.6 Å². The number of aliphatic hydroxyl groups is 1. The lowest BCUT2D eigenvalue weighted by atomic mass is 10.1. The van der Waals surface area contributed by atoms with Gasteiger partial charge in [-0.1, -0.05) is 41.9 Å². The smallest absolute Gasteiger partial charge is 0.129 e. The van der Waals surface area contributed by atoms with Gasteiger partial charge in [-0.2, -0.15) is 0 Å². The molecular weight excluding hydrogens is 346 g/mol. The first-order chi connectivity index (χ1) is 12.7. The van der Waals surface area contributed by atoms with Gasteiger partial charge in [-0.15, -0.1) is 0 Å². The van der Waals surface area contributed by atoms with E-state index in [0.29, 0.717) is 6.54 Å². The highest BCUT2D eigenvalue weighted by molar-refractivity contribution is 6.30. The lowest BCUT2D eigenvalue weighted by molar-refractivity contribution is 0.266. The van der Waals surface area contributed by atoms with Gasteiger partial charge in [0.1, 0.15) is 5.82 Å². The van der Waals surface area contributed by atoms with Crippen LogP contribution in [0.15, 0.2) is 54.6 Å². The number of benzene rings is 2. The second-order valence-electron chi connectivity index (χ2n) is 6.70. The molecule has 3 aromatic rings. The molecule has 134 valence electrons. The molecule has 1 aromatic heterocycles. The first-order valence-corrected chi connectivity index (χ1v) is 9.38. The minimum absolute atomic E-state index is 0.185. The molecule has 2 heterocycles. The molecule has 0 saturated carbocycles. The standard InChI is InChI=1S/C21H22ClN3O/c22-16-9-7-15(8-10-16)13-23-21-12-20(25-11-3-4-17(25)14-26)18-5-1-2-6-19(18)24-21/h1-2,5-10,12,17,26H,3-4,11,13-14H2,(H,23,24)/t17-/m1/s1. The number of nitrogens with one attached hydrogen (secondary N) is 1. The molecule has 0 aliphatic carbocycles. The molecule has 0 spiro atoms. The molecular formula is C21H22ClN3O. The Hall–Kier alpha value is -2.30. The number of halogens is 1. The Labute approximate surface area is 158 Å². The number of anilines is 2.